The van der Waals surface area contributed by atoms with E-state index in [1.165, 1.54) is 12.8 Å². The summed E-state index contributed by atoms with van der Waals surface area (Å²) >= 11 is 0. The van der Waals surface area contributed by atoms with Crippen molar-refractivity contribution in [3.8, 4) is 0 Å². The fourth-order valence-electron chi connectivity index (χ4n) is 3.58. The van der Waals surface area contributed by atoms with E-state index in [-0.39, 0.29) is 11.4 Å². The molecule has 0 bridgehead atoms. The van der Waals surface area contributed by atoms with Crippen molar-refractivity contribution in [3.05, 3.63) is 23.3 Å². The van der Waals surface area contributed by atoms with Gasteiger partial charge in [-0.25, -0.2) is 23.1 Å². The number of aromatic nitrogens is 4. The average Bonchev–Trinajstić information content (AvgIpc) is 3.26. The van der Waals surface area contributed by atoms with Crippen LogP contribution in [0.2, 0.25) is 0 Å². The Morgan fingerprint density at radius 3 is 2.46 bits per heavy atom. The van der Waals surface area contributed by atoms with E-state index >= 15 is 0 Å². The van der Waals surface area contributed by atoms with Gasteiger partial charge in [0.2, 0.25) is 10.0 Å². The van der Waals surface area contributed by atoms with Crippen LogP contribution >= 0.6 is 0 Å². The summed E-state index contributed by atoms with van der Waals surface area (Å²) in [4.78, 5) is 11.4. The second-order valence-electron chi connectivity index (χ2n) is 6.99. The maximum Gasteiger partial charge on any atom is 0.244 e. The largest absolute Gasteiger partial charge is 0.369 e. The molecule has 1 fully saturated rings. The molecule has 9 nitrogen and oxygen atoms in total. The molecule has 0 spiro atoms. The molecule has 0 radical (unpaired) electrons. The Morgan fingerprint density at radius 1 is 1.11 bits per heavy atom. The quantitative estimate of drug-likeness (QED) is 0.641. The summed E-state index contributed by atoms with van der Waals surface area (Å²) in [6, 6.07) is 1.92. The lowest BCUT2D eigenvalue weighted by molar-refractivity contribution is 0.580. The highest BCUT2D eigenvalue weighted by atomic mass is 32.2. The Bertz CT molecular complexity index is 934. The van der Waals surface area contributed by atoms with Crippen LogP contribution in [0.4, 0.5) is 11.6 Å². The van der Waals surface area contributed by atoms with Gasteiger partial charge in [0, 0.05) is 38.8 Å². The molecule has 1 aliphatic heterocycles. The standard InChI is InChI=1S/C18H29N7O2S/c1-5-25-14(3)18(13(2)23-25)28(26,27)20-9-8-19-16-12-17(22-15(4)21-16)24-10-6-7-11-24/h12,20H,5-11H2,1-4H3,(H,19,21,22). The SMILES string of the molecule is CCn1nc(C)c(S(=O)(=O)NCCNc2cc(N3CCCC3)nc(C)n2)c1C. The first-order chi connectivity index (χ1) is 13.3. The van der Waals surface area contributed by atoms with Crippen LogP contribution < -0.4 is 14.9 Å². The molecule has 1 saturated heterocycles. The summed E-state index contributed by atoms with van der Waals surface area (Å²) in [5.41, 5.74) is 1.17. The van der Waals surface area contributed by atoms with E-state index in [0.717, 1.165) is 18.9 Å². The molecule has 0 aromatic carbocycles. The van der Waals surface area contributed by atoms with Crippen molar-refractivity contribution in [2.45, 2.75) is 52.0 Å². The van der Waals surface area contributed by atoms with Gasteiger partial charge >= 0.3 is 0 Å². The minimum atomic E-state index is -3.61. The number of hydrogen-bond acceptors (Lipinski definition) is 7. The van der Waals surface area contributed by atoms with Crippen LogP contribution in [0, 0.1) is 20.8 Å². The van der Waals surface area contributed by atoms with Crippen LogP contribution in [0.1, 0.15) is 37.0 Å². The van der Waals surface area contributed by atoms with Crippen LogP contribution in [0.3, 0.4) is 0 Å². The van der Waals surface area contributed by atoms with Gasteiger partial charge in [0.1, 0.15) is 22.4 Å². The van der Waals surface area contributed by atoms with Crippen molar-refractivity contribution in [1.29, 1.82) is 0 Å². The molecule has 0 atom stereocenters. The van der Waals surface area contributed by atoms with Gasteiger partial charge in [0.25, 0.3) is 0 Å². The molecular weight excluding hydrogens is 378 g/mol. The van der Waals surface area contributed by atoms with E-state index in [1.807, 2.05) is 19.9 Å². The molecule has 3 rings (SSSR count). The fourth-order valence-corrected chi connectivity index (χ4v) is 5.02. The molecule has 0 saturated carbocycles. The molecule has 3 heterocycles. The van der Waals surface area contributed by atoms with E-state index in [2.05, 4.69) is 30.0 Å². The molecule has 2 N–H and O–H groups in total. The first-order valence-corrected chi connectivity index (χ1v) is 11.2. The number of nitrogens with zero attached hydrogens (tertiary/aromatic N) is 5. The normalized spacial score (nSPS) is 14.6. The number of hydrogen-bond donors (Lipinski definition) is 2. The zero-order valence-electron chi connectivity index (χ0n) is 17.0. The molecule has 0 amide bonds. The minimum absolute atomic E-state index is 0.251. The van der Waals surface area contributed by atoms with Gasteiger partial charge < -0.3 is 10.2 Å². The molecule has 0 unspecified atom stereocenters. The highest BCUT2D eigenvalue weighted by molar-refractivity contribution is 7.89. The Morgan fingerprint density at radius 2 is 1.82 bits per heavy atom. The molecule has 28 heavy (non-hydrogen) atoms. The third-order valence-electron chi connectivity index (χ3n) is 4.86. The summed E-state index contributed by atoms with van der Waals surface area (Å²) in [5, 5.41) is 7.48. The number of anilines is 2. The molecule has 1 aliphatic rings. The molecule has 154 valence electrons. The lowest BCUT2D eigenvalue weighted by Gasteiger charge is -2.17. The van der Waals surface area contributed by atoms with Crippen LogP contribution in [0.5, 0.6) is 0 Å². The third kappa shape index (κ3) is 4.44. The van der Waals surface area contributed by atoms with Crippen molar-refractivity contribution in [1.82, 2.24) is 24.5 Å². The van der Waals surface area contributed by atoms with Crippen molar-refractivity contribution in [3.63, 3.8) is 0 Å². The molecule has 2 aromatic heterocycles. The average molecular weight is 408 g/mol. The van der Waals surface area contributed by atoms with Crippen molar-refractivity contribution >= 4 is 21.7 Å². The van der Waals surface area contributed by atoms with Crippen LogP contribution in [0.15, 0.2) is 11.0 Å². The second-order valence-corrected chi connectivity index (χ2v) is 8.70. The molecule has 0 aliphatic carbocycles. The topological polar surface area (TPSA) is 105 Å². The lowest BCUT2D eigenvalue weighted by atomic mass is 10.4. The predicted molar refractivity (Wildman–Crippen MR) is 109 cm³/mol. The van der Waals surface area contributed by atoms with Gasteiger partial charge in [-0.1, -0.05) is 0 Å². The summed E-state index contributed by atoms with van der Waals surface area (Å²) < 4.78 is 29.7. The van der Waals surface area contributed by atoms with E-state index in [9.17, 15) is 8.42 Å². The van der Waals surface area contributed by atoms with E-state index in [4.69, 9.17) is 0 Å². The number of rotatable bonds is 8. The number of sulfonamides is 1. The molecule has 10 heteroatoms. The Labute approximate surface area is 166 Å². The zero-order valence-corrected chi connectivity index (χ0v) is 17.8. The highest BCUT2D eigenvalue weighted by Gasteiger charge is 2.23. The highest BCUT2D eigenvalue weighted by Crippen LogP contribution is 2.21. The second kappa shape index (κ2) is 8.44. The third-order valence-corrected chi connectivity index (χ3v) is 6.57. The van der Waals surface area contributed by atoms with Gasteiger partial charge in [-0.2, -0.15) is 5.10 Å². The van der Waals surface area contributed by atoms with E-state index in [1.54, 1.807) is 18.5 Å². The van der Waals surface area contributed by atoms with Gasteiger partial charge in [0.15, 0.2) is 0 Å². The molecular formula is C18H29N7O2S. The first-order valence-electron chi connectivity index (χ1n) is 9.70. The van der Waals surface area contributed by atoms with Crippen LogP contribution in [-0.2, 0) is 16.6 Å². The van der Waals surface area contributed by atoms with Crippen molar-refractivity contribution in [2.75, 3.05) is 36.4 Å². The van der Waals surface area contributed by atoms with Crippen molar-refractivity contribution < 1.29 is 8.42 Å². The number of nitrogens with one attached hydrogen (secondary N) is 2. The molecule has 2 aromatic rings. The van der Waals surface area contributed by atoms with Gasteiger partial charge in [-0.3, -0.25) is 4.68 Å². The van der Waals surface area contributed by atoms with Gasteiger partial charge in [-0.05, 0) is 40.5 Å². The van der Waals surface area contributed by atoms with Gasteiger partial charge in [-0.15, -0.1) is 0 Å². The van der Waals surface area contributed by atoms with Gasteiger partial charge in [0.05, 0.1) is 11.4 Å². The maximum absolute atomic E-state index is 12.7. The lowest BCUT2D eigenvalue weighted by Crippen LogP contribution is -2.30. The summed E-state index contributed by atoms with van der Waals surface area (Å²) in [6.07, 6.45) is 2.36. The summed E-state index contributed by atoms with van der Waals surface area (Å²) in [5.74, 6) is 2.33. The first kappa shape index (κ1) is 20.5. The van der Waals surface area contributed by atoms with Crippen LogP contribution in [-0.4, -0.2) is 54.3 Å². The Hall–Kier alpha value is -2.20. The summed E-state index contributed by atoms with van der Waals surface area (Å²) in [7, 11) is -3.61. The predicted octanol–water partition coefficient (Wildman–Crippen LogP) is 1.61. The monoisotopic (exact) mass is 407 g/mol. The van der Waals surface area contributed by atoms with Crippen LogP contribution in [0.25, 0.3) is 0 Å². The zero-order chi connectivity index (χ0) is 20.3. The fraction of sp³-hybridized carbons (Fsp3) is 0.611. The smallest absolute Gasteiger partial charge is 0.244 e. The van der Waals surface area contributed by atoms with Crippen molar-refractivity contribution in [2.24, 2.45) is 0 Å². The minimum Gasteiger partial charge on any atom is -0.369 e. The number of aryl methyl sites for hydroxylation is 3. The van der Waals surface area contributed by atoms with E-state index < -0.39 is 10.0 Å². The van der Waals surface area contributed by atoms with E-state index in [0.29, 0.717) is 36.1 Å². The Balaban J connectivity index is 1.60. The Kier molecular flexibility index (Phi) is 6.19. The summed E-state index contributed by atoms with van der Waals surface area (Å²) in [6.45, 7) is 10.6. The maximum atomic E-state index is 12.7.